The van der Waals surface area contributed by atoms with E-state index in [0.717, 1.165) is 5.69 Å². The summed E-state index contributed by atoms with van der Waals surface area (Å²) >= 11 is 0. The number of nitrogens with zero attached hydrogens (tertiary/aromatic N) is 2. The molecule has 90 valence electrons. The molecular weight excluding hydrogens is 226 g/mol. The lowest BCUT2D eigenvalue weighted by Gasteiger charge is -2.14. The van der Waals surface area contributed by atoms with Gasteiger partial charge in [0, 0.05) is 12.5 Å². The van der Waals surface area contributed by atoms with Crippen LogP contribution in [0, 0.1) is 6.92 Å². The number of sulfone groups is 1. The molecule has 0 aliphatic rings. The van der Waals surface area contributed by atoms with Crippen molar-refractivity contribution < 1.29 is 8.42 Å². The van der Waals surface area contributed by atoms with Crippen LogP contribution in [0.25, 0.3) is 0 Å². The first-order valence-corrected chi connectivity index (χ1v) is 7.13. The van der Waals surface area contributed by atoms with E-state index < -0.39 is 9.84 Å². The summed E-state index contributed by atoms with van der Waals surface area (Å²) in [4.78, 5) is 8.28. The van der Waals surface area contributed by atoms with Crippen LogP contribution in [0.2, 0.25) is 0 Å². The largest absolute Gasteiger partial charge is 0.312 e. The molecule has 0 aliphatic heterocycles. The van der Waals surface area contributed by atoms with Gasteiger partial charge in [-0.15, -0.1) is 0 Å². The number of hydrogen-bond donors (Lipinski definition) is 1. The summed E-state index contributed by atoms with van der Waals surface area (Å²) in [5.74, 6) is 0.846. The van der Waals surface area contributed by atoms with Gasteiger partial charge in [-0.25, -0.2) is 18.4 Å². The third kappa shape index (κ3) is 4.24. The van der Waals surface area contributed by atoms with Crippen molar-refractivity contribution in [2.75, 3.05) is 19.1 Å². The average molecular weight is 243 g/mol. The van der Waals surface area contributed by atoms with E-state index in [1.165, 1.54) is 6.26 Å². The number of aromatic nitrogens is 2. The highest BCUT2D eigenvalue weighted by Gasteiger charge is 2.13. The molecule has 1 unspecified atom stereocenters. The van der Waals surface area contributed by atoms with Gasteiger partial charge in [-0.3, -0.25) is 0 Å². The molecule has 0 bridgehead atoms. The summed E-state index contributed by atoms with van der Waals surface area (Å²) in [5, 5.41) is 3.06. The molecule has 1 aromatic heterocycles. The normalized spacial score (nSPS) is 13.7. The zero-order chi connectivity index (χ0) is 12.2. The zero-order valence-corrected chi connectivity index (χ0v) is 10.6. The summed E-state index contributed by atoms with van der Waals surface area (Å²) in [6.45, 7) is 1.81. The third-order valence-corrected chi connectivity index (χ3v) is 3.26. The van der Waals surface area contributed by atoms with Gasteiger partial charge in [0.1, 0.15) is 15.7 Å². The maximum Gasteiger partial charge on any atom is 0.147 e. The maximum absolute atomic E-state index is 11.1. The fraction of sp³-hybridized carbons (Fsp3) is 0.600. The van der Waals surface area contributed by atoms with E-state index >= 15 is 0 Å². The summed E-state index contributed by atoms with van der Waals surface area (Å²) in [5.41, 5.74) is 0.832. The Hall–Kier alpha value is -1.01. The SMILES string of the molecule is CNC(CCS(C)(=O)=O)c1ccnc(C)n1. The third-order valence-electron chi connectivity index (χ3n) is 2.28. The van der Waals surface area contributed by atoms with Gasteiger partial charge < -0.3 is 5.32 Å². The van der Waals surface area contributed by atoms with Gasteiger partial charge >= 0.3 is 0 Å². The molecule has 0 saturated carbocycles. The van der Waals surface area contributed by atoms with E-state index in [-0.39, 0.29) is 11.8 Å². The van der Waals surface area contributed by atoms with Crippen LogP contribution in [0.3, 0.4) is 0 Å². The highest BCUT2D eigenvalue weighted by atomic mass is 32.2. The van der Waals surface area contributed by atoms with Crippen LogP contribution in [0.1, 0.15) is 24.0 Å². The Bertz CT molecular complexity index is 445. The Balaban J connectivity index is 2.75. The molecular formula is C10H17N3O2S. The van der Waals surface area contributed by atoms with Crippen molar-refractivity contribution >= 4 is 9.84 Å². The molecule has 0 aliphatic carbocycles. The summed E-state index contributed by atoms with van der Waals surface area (Å²) in [7, 11) is -1.13. The first kappa shape index (κ1) is 13.1. The van der Waals surface area contributed by atoms with E-state index in [9.17, 15) is 8.42 Å². The standard InChI is InChI=1S/C10H17N3O2S/c1-8-12-6-4-10(13-8)9(11-2)5-7-16(3,14)15/h4,6,9,11H,5,7H2,1-3H3. The fourth-order valence-corrected chi connectivity index (χ4v) is 2.10. The fourth-order valence-electron chi connectivity index (χ4n) is 1.44. The van der Waals surface area contributed by atoms with Gasteiger partial charge in [0.15, 0.2) is 0 Å². The second kappa shape index (κ2) is 5.36. The van der Waals surface area contributed by atoms with Crippen molar-refractivity contribution in [2.45, 2.75) is 19.4 Å². The molecule has 5 nitrogen and oxygen atoms in total. The highest BCUT2D eigenvalue weighted by molar-refractivity contribution is 7.90. The predicted molar refractivity (Wildman–Crippen MR) is 62.9 cm³/mol. The van der Waals surface area contributed by atoms with Crippen molar-refractivity contribution in [3.63, 3.8) is 0 Å². The minimum atomic E-state index is -2.93. The minimum Gasteiger partial charge on any atom is -0.312 e. The van der Waals surface area contributed by atoms with Crippen molar-refractivity contribution in [1.82, 2.24) is 15.3 Å². The van der Waals surface area contributed by atoms with Crippen molar-refractivity contribution in [2.24, 2.45) is 0 Å². The predicted octanol–water partition coefficient (Wildman–Crippen LogP) is 0.480. The van der Waals surface area contributed by atoms with Gasteiger partial charge in [0.05, 0.1) is 17.5 Å². The second-order valence-corrected chi connectivity index (χ2v) is 6.05. The average Bonchev–Trinajstić information content (AvgIpc) is 2.17. The van der Waals surface area contributed by atoms with Crippen LogP contribution in [-0.2, 0) is 9.84 Å². The molecule has 0 spiro atoms. The first-order chi connectivity index (χ1) is 7.42. The van der Waals surface area contributed by atoms with Gasteiger partial charge in [-0.2, -0.15) is 0 Å². The molecule has 1 aromatic rings. The Morgan fingerprint density at radius 3 is 2.69 bits per heavy atom. The van der Waals surface area contributed by atoms with E-state index in [2.05, 4.69) is 15.3 Å². The second-order valence-electron chi connectivity index (χ2n) is 3.79. The molecule has 1 atom stereocenters. The van der Waals surface area contributed by atoms with Gasteiger partial charge in [-0.05, 0) is 26.5 Å². The van der Waals surface area contributed by atoms with Gasteiger partial charge in [0.25, 0.3) is 0 Å². The van der Waals surface area contributed by atoms with E-state index in [1.54, 1.807) is 19.3 Å². The molecule has 0 fully saturated rings. The van der Waals surface area contributed by atoms with E-state index in [0.29, 0.717) is 12.2 Å². The molecule has 0 aromatic carbocycles. The summed E-state index contributed by atoms with van der Waals surface area (Å²) in [6, 6.07) is 1.76. The monoisotopic (exact) mass is 243 g/mol. The molecule has 0 saturated heterocycles. The number of aryl methyl sites for hydroxylation is 1. The number of rotatable bonds is 5. The van der Waals surface area contributed by atoms with E-state index in [1.807, 2.05) is 6.92 Å². The highest BCUT2D eigenvalue weighted by Crippen LogP contribution is 2.14. The molecule has 6 heteroatoms. The van der Waals surface area contributed by atoms with Crippen LogP contribution < -0.4 is 5.32 Å². The number of nitrogens with one attached hydrogen (secondary N) is 1. The van der Waals surface area contributed by atoms with Gasteiger partial charge in [-0.1, -0.05) is 0 Å². The quantitative estimate of drug-likeness (QED) is 0.814. The summed E-state index contributed by atoms with van der Waals surface area (Å²) < 4.78 is 22.2. The lowest BCUT2D eigenvalue weighted by atomic mass is 10.1. The van der Waals surface area contributed by atoms with Crippen LogP contribution in [0.5, 0.6) is 0 Å². The molecule has 0 radical (unpaired) electrons. The molecule has 16 heavy (non-hydrogen) atoms. The van der Waals surface area contributed by atoms with Crippen LogP contribution >= 0.6 is 0 Å². The molecule has 0 amide bonds. The maximum atomic E-state index is 11.1. The molecule has 1 N–H and O–H groups in total. The summed E-state index contributed by atoms with van der Waals surface area (Å²) in [6.07, 6.45) is 3.44. The van der Waals surface area contributed by atoms with E-state index in [4.69, 9.17) is 0 Å². The Labute approximate surface area is 96.2 Å². The Morgan fingerprint density at radius 2 is 2.19 bits per heavy atom. The van der Waals surface area contributed by atoms with Crippen LogP contribution in [0.15, 0.2) is 12.3 Å². The Morgan fingerprint density at radius 1 is 1.50 bits per heavy atom. The van der Waals surface area contributed by atoms with Crippen molar-refractivity contribution in [1.29, 1.82) is 0 Å². The van der Waals surface area contributed by atoms with Gasteiger partial charge in [0.2, 0.25) is 0 Å². The minimum absolute atomic E-state index is 0.0450. The lowest BCUT2D eigenvalue weighted by Crippen LogP contribution is -2.21. The Kier molecular flexibility index (Phi) is 4.37. The lowest BCUT2D eigenvalue weighted by molar-refractivity contribution is 0.546. The van der Waals surface area contributed by atoms with Crippen LogP contribution in [-0.4, -0.2) is 37.4 Å². The van der Waals surface area contributed by atoms with Crippen LogP contribution in [0.4, 0.5) is 0 Å². The number of hydrogen-bond acceptors (Lipinski definition) is 5. The first-order valence-electron chi connectivity index (χ1n) is 5.07. The topological polar surface area (TPSA) is 72.0 Å². The molecule has 1 rings (SSSR count). The zero-order valence-electron chi connectivity index (χ0n) is 9.77. The van der Waals surface area contributed by atoms with Crippen molar-refractivity contribution in [3.05, 3.63) is 23.8 Å². The van der Waals surface area contributed by atoms with Crippen molar-refractivity contribution in [3.8, 4) is 0 Å². The smallest absolute Gasteiger partial charge is 0.147 e. The molecule has 1 heterocycles.